The first-order chi connectivity index (χ1) is 12.7. The number of amides is 1. The van der Waals surface area contributed by atoms with Gasteiger partial charge in [-0.25, -0.2) is 0 Å². The van der Waals surface area contributed by atoms with Crippen LogP contribution in [0.1, 0.15) is 21.5 Å². The summed E-state index contributed by atoms with van der Waals surface area (Å²) in [6, 6.07) is 22.9. The van der Waals surface area contributed by atoms with Crippen molar-refractivity contribution >= 4 is 16.7 Å². The fourth-order valence-corrected chi connectivity index (χ4v) is 3.82. The largest absolute Gasteiger partial charge is 0.328 e. The molecule has 0 saturated carbocycles. The molecule has 1 heterocycles. The lowest BCUT2D eigenvalue weighted by atomic mass is 10.1. The minimum atomic E-state index is 0.158. The summed E-state index contributed by atoms with van der Waals surface area (Å²) < 4.78 is 0. The van der Waals surface area contributed by atoms with Crippen LogP contribution in [0.5, 0.6) is 0 Å². The van der Waals surface area contributed by atoms with Crippen LogP contribution >= 0.6 is 0 Å². The Kier molecular flexibility index (Phi) is 4.72. The van der Waals surface area contributed by atoms with Gasteiger partial charge in [0.05, 0.1) is 26.2 Å². The highest BCUT2D eigenvalue weighted by Crippen LogP contribution is 2.17. The zero-order valence-corrected chi connectivity index (χ0v) is 15.2. The highest BCUT2D eigenvalue weighted by Gasteiger charge is 2.24. The topological polar surface area (TPSA) is 24.8 Å². The van der Waals surface area contributed by atoms with Crippen LogP contribution in [-0.2, 0) is 6.54 Å². The first-order valence-corrected chi connectivity index (χ1v) is 9.36. The number of quaternary nitrogens is 1. The summed E-state index contributed by atoms with van der Waals surface area (Å²) in [7, 11) is 0. The first kappa shape index (κ1) is 16.8. The number of hydrogen-bond acceptors (Lipinski definition) is 1. The van der Waals surface area contributed by atoms with E-state index >= 15 is 0 Å². The third kappa shape index (κ3) is 3.63. The quantitative estimate of drug-likeness (QED) is 0.776. The maximum atomic E-state index is 12.9. The maximum absolute atomic E-state index is 12.9. The Morgan fingerprint density at radius 2 is 1.69 bits per heavy atom. The van der Waals surface area contributed by atoms with Crippen LogP contribution in [0.3, 0.4) is 0 Å². The predicted molar refractivity (Wildman–Crippen MR) is 105 cm³/mol. The number of carbonyl (C=O) groups is 1. The monoisotopic (exact) mass is 345 g/mol. The molecule has 0 spiro atoms. The summed E-state index contributed by atoms with van der Waals surface area (Å²) in [5, 5.41) is 2.30. The van der Waals surface area contributed by atoms with Crippen molar-refractivity contribution in [1.29, 1.82) is 0 Å². The summed E-state index contributed by atoms with van der Waals surface area (Å²) in [4.78, 5) is 16.4. The number of hydrogen-bond donors (Lipinski definition) is 1. The molecule has 0 bridgehead atoms. The molecule has 1 aliphatic rings. The Balaban J connectivity index is 1.39. The van der Waals surface area contributed by atoms with E-state index < -0.39 is 0 Å². The van der Waals surface area contributed by atoms with Crippen molar-refractivity contribution in [1.82, 2.24) is 4.90 Å². The Labute approximate surface area is 154 Å². The summed E-state index contributed by atoms with van der Waals surface area (Å²) in [5.41, 5.74) is 3.49. The average Bonchev–Trinajstić information content (AvgIpc) is 2.68. The molecule has 0 aliphatic carbocycles. The maximum Gasteiger partial charge on any atom is 0.254 e. The molecule has 3 nitrogen and oxygen atoms in total. The summed E-state index contributed by atoms with van der Waals surface area (Å²) in [6.45, 7) is 6.85. The van der Waals surface area contributed by atoms with Gasteiger partial charge in [-0.2, -0.15) is 0 Å². The smallest absolute Gasteiger partial charge is 0.254 e. The van der Waals surface area contributed by atoms with E-state index in [0.717, 1.165) is 43.7 Å². The number of carbonyl (C=O) groups excluding carboxylic acids is 1. The zero-order chi connectivity index (χ0) is 17.9. The second kappa shape index (κ2) is 7.30. The predicted octanol–water partition coefficient (Wildman–Crippen LogP) is 2.69. The van der Waals surface area contributed by atoms with Crippen LogP contribution in [0.25, 0.3) is 10.8 Å². The van der Waals surface area contributed by atoms with E-state index in [4.69, 9.17) is 0 Å². The van der Waals surface area contributed by atoms with E-state index in [2.05, 4.69) is 43.3 Å². The van der Waals surface area contributed by atoms with Gasteiger partial charge in [0.1, 0.15) is 6.54 Å². The zero-order valence-electron chi connectivity index (χ0n) is 15.2. The molecule has 132 valence electrons. The molecule has 4 rings (SSSR count). The van der Waals surface area contributed by atoms with Gasteiger partial charge in [-0.3, -0.25) is 4.79 Å². The number of nitrogens with zero attached hydrogens (tertiary/aromatic N) is 1. The van der Waals surface area contributed by atoms with Crippen LogP contribution in [-0.4, -0.2) is 37.0 Å². The Morgan fingerprint density at radius 3 is 2.46 bits per heavy atom. The van der Waals surface area contributed by atoms with Gasteiger partial charge in [-0.1, -0.05) is 60.2 Å². The van der Waals surface area contributed by atoms with E-state index in [1.165, 1.54) is 16.5 Å². The lowest BCUT2D eigenvalue weighted by Gasteiger charge is -2.32. The minimum absolute atomic E-state index is 0.158. The minimum Gasteiger partial charge on any atom is -0.328 e. The standard InChI is InChI=1S/C23H24N2O/c1-18-5-4-6-19(15-18)17-24-11-13-25(14-12-24)23(26)22-10-9-20-7-2-3-8-21(20)16-22/h2-10,15-16H,11-14,17H2,1H3/p+1. The normalized spacial score (nSPS) is 15.3. The lowest BCUT2D eigenvalue weighted by molar-refractivity contribution is -0.917. The summed E-state index contributed by atoms with van der Waals surface area (Å²) in [6.07, 6.45) is 0. The van der Waals surface area contributed by atoms with Gasteiger partial charge in [0.2, 0.25) is 0 Å². The molecule has 3 aromatic carbocycles. The van der Waals surface area contributed by atoms with Crippen molar-refractivity contribution in [2.45, 2.75) is 13.5 Å². The molecular weight excluding hydrogens is 320 g/mol. The van der Waals surface area contributed by atoms with Gasteiger partial charge in [0, 0.05) is 11.1 Å². The molecule has 1 saturated heterocycles. The fraction of sp³-hybridized carbons (Fsp3) is 0.261. The third-order valence-electron chi connectivity index (χ3n) is 5.29. The van der Waals surface area contributed by atoms with Crippen molar-refractivity contribution in [3.05, 3.63) is 83.4 Å². The van der Waals surface area contributed by atoms with Crippen molar-refractivity contribution in [3.8, 4) is 0 Å². The number of nitrogens with one attached hydrogen (secondary N) is 1. The Morgan fingerprint density at radius 1 is 0.923 bits per heavy atom. The van der Waals surface area contributed by atoms with E-state index in [1.54, 1.807) is 4.90 Å². The second-order valence-corrected chi connectivity index (χ2v) is 7.27. The summed E-state index contributed by atoms with van der Waals surface area (Å²) >= 11 is 0. The van der Waals surface area contributed by atoms with Gasteiger partial charge in [-0.05, 0) is 29.8 Å². The Hall–Kier alpha value is -2.65. The highest BCUT2D eigenvalue weighted by atomic mass is 16.2. The highest BCUT2D eigenvalue weighted by molar-refractivity contribution is 5.98. The van der Waals surface area contributed by atoms with Gasteiger partial charge in [0.15, 0.2) is 0 Å². The van der Waals surface area contributed by atoms with Crippen molar-refractivity contribution in [2.24, 2.45) is 0 Å². The number of piperazine rings is 1. The molecule has 0 radical (unpaired) electrons. The fourth-order valence-electron chi connectivity index (χ4n) is 3.82. The average molecular weight is 345 g/mol. The van der Waals surface area contributed by atoms with Crippen molar-refractivity contribution in [2.75, 3.05) is 26.2 Å². The van der Waals surface area contributed by atoms with E-state index in [9.17, 15) is 4.79 Å². The molecule has 1 fully saturated rings. The van der Waals surface area contributed by atoms with E-state index in [0.29, 0.717) is 0 Å². The Bertz CT molecular complexity index is 926. The van der Waals surface area contributed by atoms with Crippen molar-refractivity contribution in [3.63, 3.8) is 0 Å². The summed E-state index contributed by atoms with van der Waals surface area (Å²) in [5.74, 6) is 0.158. The number of fused-ring (bicyclic) bond motifs is 1. The lowest BCUT2D eigenvalue weighted by Crippen LogP contribution is -3.13. The second-order valence-electron chi connectivity index (χ2n) is 7.27. The van der Waals surface area contributed by atoms with Crippen LogP contribution in [0.2, 0.25) is 0 Å². The molecule has 0 unspecified atom stereocenters. The molecule has 1 N–H and O–H groups in total. The molecule has 26 heavy (non-hydrogen) atoms. The molecule has 3 heteroatoms. The number of aryl methyl sites for hydroxylation is 1. The van der Waals surface area contributed by atoms with Gasteiger partial charge in [-0.15, -0.1) is 0 Å². The third-order valence-corrected chi connectivity index (χ3v) is 5.29. The van der Waals surface area contributed by atoms with Crippen LogP contribution in [0.4, 0.5) is 0 Å². The van der Waals surface area contributed by atoms with E-state index in [-0.39, 0.29) is 5.91 Å². The van der Waals surface area contributed by atoms with E-state index in [1.807, 2.05) is 35.2 Å². The molecule has 1 aliphatic heterocycles. The van der Waals surface area contributed by atoms with Gasteiger partial charge < -0.3 is 9.80 Å². The van der Waals surface area contributed by atoms with Crippen LogP contribution in [0.15, 0.2) is 66.7 Å². The molecule has 1 amide bonds. The van der Waals surface area contributed by atoms with Crippen LogP contribution < -0.4 is 4.90 Å². The molecule has 0 atom stereocenters. The number of benzene rings is 3. The molecular formula is C23H25N2O+. The van der Waals surface area contributed by atoms with Gasteiger partial charge in [0.25, 0.3) is 5.91 Å². The molecule has 3 aromatic rings. The first-order valence-electron chi connectivity index (χ1n) is 9.36. The van der Waals surface area contributed by atoms with Gasteiger partial charge >= 0.3 is 0 Å². The molecule has 0 aromatic heterocycles. The number of rotatable bonds is 3. The van der Waals surface area contributed by atoms with Crippen LogP contribution in [0, 0.1) is 6.92 Å². The SMILES string of the molecule is Cc1cccc(C[NH+]2CCN(C(=O)c3ccc4ccccc4c3)CC2)c1. The van der Waals surface area contributed by atoms with Crippen molar-refractivity contribution < 1.29 is 9.69 Å².